The van der Waals surface area contributed by atoms with Gasteiger partial charge in [0.05, 0.1) is 12.5 Å². The van der Waals surface area contributed by atoms with Crippen LogP contribution in [0.3, 0.4) is 0 Å². The van der Waals surface area contributed by atoms with Gasteiger partial charge in [0, 0.05) is 45.3 Å². The summed E-state index contributed by atoms with van der Waals surface area (Å²) in [5.74, 6) is 0.0604. The number of carbonyl (C=O) groups excluding carboxylic acids is 1. The Morgan fingerprint density at radius 3 is 2.47 bits per heavy atom. The van der Waals surface area contributed by atoms with Gasteiger partial charge in [-0.05, 0) is 13.8 Å². The summed E-state index contributed by atoms with van der Waals surface area (Å²) in [6, 6.07) is 0. The number of amides is 1. The third-order valence-electron chi connectivity index (χ3n) is 3.96. The monoisotopic (exact) mass is 265 g/mol. The summed E-state index contributed by atoms with van der Waals surface area (Å²) in [6.45, 7) is 8.14. The van der Waals surface area contributed by atoms with Gasteiger partial charge in [0.15, 0.2) is 0 Å². The number of nitrogens with two attached hydrogens (primary N) is 1. The molecule has 1 aliphatic rings. The Hall–Kier alpha value is -1.40. The number of hydrogen-bond acceptors (Lipinski definition) is 4. The Kier molecular flexibility index (Phi) is 3.91. The molecule has 1 amide bonds. The van der Waals surface area contributed by atoms with Crippen LogP contribution in [0.25, 0.3) is 0 Å². The molecule has 0 saturated carbocycles. The summed E-state index contributed by atoms with van der Waals surface area (Å²) in [4.78, 5) is 20.6. The molecule has 1 saturated heterocycles. The summed E-state index contributed by atoms with van der Waals surface area (Å²) in [5, 5.41) is 0. The Balaban J connectivity index is 1.97. The van der Waals surface area contributed by atoms with E-state index in [1.807, 2.05) is 11.9 Å². The molecule has 1 aromatic rings. The van der Waals surface area contributed by atoms with Crippen molar-refractivity contribution in [1.29, 1.82) is 0 Å². The zero-order chi connectivity index (χ0) is 14.0. The van der Waals surface area contributed by atoms with E-state index in [-0.39, 0.29) is 11.4 Å². The lowest BCUT2D eigenvalue weighted by Gasteiger charge is -2.43. The fraction of sp³-hybridized carbons (Fsp3) is 0.692. The lowest BCUT2D eigenvalue weighted by atomic mass is 10.0. The molecule has 0 aromatic carbocycles. The van der Waals surface area contributed by atoms with Crippen molar-refractivity contribution in [3.8, 4) is 0 Å². The number of imidazole rings is 1. The predicted octanol–water partition coefficient (Wildman–Crippen LogP) is -0.0848. The maximum atomic E-state index is 12.3. The molecule has 2 N–H and O–H groups in total. The smallest absolute Gasteiger partial charge is 0.272 e. The van der Waals surface area contributed by atoms with E-state index in [1.54, 1.807) is 17.1 Å². The van der Waals surface area contributed by atoms with Gasteiger partial charge in [-0.1, -0.05) is 0 Å². The second-order valence-electron chi connectivity index (χ2n) is 5.69. The van der Waals surface area contributed by atoms with Crippen molar-refractivity contribution in [3.05, 3.63) is 18.2 Å². The average molecular weight is 265 g/mol. The predicted molar refractivity (Wildman–Crippen MR) is 73.8 cm³/mol. The first-order valence-electron chi connectivity index (χ1n) is 6.66. The highest BCUT2D eigenvalue weighted by Gasteiger charge is 2.30. The van der Waals surface area contributed by atoms with Crippen molar-refractivity contribution >= 4 is 5.91 Å². The van der Waals surface area contributed by atoms with Crippen LogP contribution in [0, 0.1) is 0 Å². The molecule has 0 atom stereocenters. The number of rotatable bonds is 3. The maximum Gasteiger partial charge on any atom is 0.272 e. The molecule has 6 nitrogen and oxygen atoms in total. The van der Waals surface area contributed by atoms with Gasteiger partial charge in [-0.15, -0.1) is 0 Å². The van der Waals surface area contributed by atoms with Crippen molar-refractivity contribution in [1.82, 2.24) is 19.4 Å². The van der Waals surface area contributed by atoms with Crippen molar-refractivity contribution in [2.24, 2.45) is 12.8 Å². The van der Waals surface area contributed by atoms with Gasteiger partial charge in [-0.3, -0.25) is 9.69 Å². The van der Waals surface area contributed by atoms with Crippen LogP contribution in [0.2, 0.25) is 0 Å². The van der Waals surface area contributed by atoms with Crippen molar-refractivity contribution < 1.29 is 4.79 Å². The summed E-state index contributed by atoms with van der Waals surface area (Å²) in [7, 11) is 1.84. The van der Waals surface area contributed by atoms with Gasteiger partial charge >= 0.3 is 0 Å². The third kappa shape index (κ3) is 2.79. The second kappa shape index (κ2) is 5.30. The fourth-order valence-corrected chi connectivity index (χ4v) is 2.37. The summed E-state index contributed by atoms with van der Waals surface area (Å²) < 4.78 is 1.76. The minimum atomic E-state index is 0.00165. The van der Waals surface area contributed by atoms with Crippen molar-refractivity contribution in [2.45, 2.75) is 19.4 Å². The van der Waals surface area contributed by atoms with Gasteiger partial charge in [0.2, 0.25) is 0 Å². The maximum absolute atomic E-state index is 12.3. The highest BCUT2D eigenvalue weighted by Crippen LogP contribution is 2.16. The first kappa shape index (κ1) is 14.0. The van der Waals surface area contributed by atoms with Crippen LogP contribution < -0.4 is 5.73 Å². The topological polar surface area (TPSA) is 67.4 Å². The molecule has 1 aromatic heterocycles. The quantitative estimate of drug-likeness (QED) is 0.830. The number of hydrogen-bond donors (Lipinski definition) is 1. The third-order valence-corrected chi connectivity index (χ3v) is 3.96. The van der Waals surface area contributed by atoms with E-state index in [0.29, 0.717) is 12.2 Å². The van der Waals surface area contributed by atoms with E-state index in [4.69, 9.17) is 5.73 Å². The van der Waals surface area contributed by atoms with Crippen molar-refractivity contribution in [2.75, 3.05) is 32.7 Å². The Bertz CT molecular complexity index is 446. The van der Waals surface area contributed by atoms with Crippen LogP contribution in [0.15, 0.2) is 12.5 Å². The molecule has 6 heteroatoms. The molecule has 0 aliphatic carbocycles. The zero-order valence-electron chi connectivity index (χ0n) is 12.0. The average Bonchev–Trinajstić information content (AvgIpc) is 2.84. The molecule has 0 spiro atoms. The molecule has 2 heterocycles. The van der Waals surface area contributed by atoms with E-state index < -0.39 is 0 Å². The van der Waals surface area contributed by atoms with Gasteiger partial charge in [0.25, 0.3) is 5.91 Å². The molecular formula is C13H23N5O. The summed E-state index contributed by atoms with van der Waals surface area (Å²) in [6.07, 6.45) is 3.28. The first-order chi connectivity index (χ1) is 8.95. The van der Waals surface area contributed by atoms with Gasteiger partial charge in [-0.2, -0.15) is 0 Å². The molecule has 2 rings (SSSR count). The first-order valence-corrected chi connectivity index (χ1v) is 6.66. The Morgan fingerprint density at radius 2 is 2.00 bits per heavy atom. The van der Waals surface area contributed by atoms with Crippen LogP contribution >= 0.6 is 0 Å². The molecule has 0 bridgehead atoms. The number of aryl methyl sites for hydroxylation is 1. The van der Waals surface area contributed by atoms with Gasteiger partial charge < -0.3 is 15.2 Å². The largest absolute Gasteiger partial charge is 0.335 e. The highest BCUT2D eigenvalue weighted by molar-refractivity contribution is 5.92. The number of carbonyl (C=O) groups is 1. The van der Waals surface area contributed by atoms with E-state index in [1.165, 1.54) is 0 Å². The lowest BCUT2D eigenvalue weighted by molar-refractivity contribution is 0.0419. The molecule has 106 valence electrons. The molecule has 0 unspecified atom stereocenters. The second-order valence-corrected chi connectivity index (χ2v) is 5.69. The van der Waals surface area contributed by atoms with E-state index in [0.717, 1.165) is 26.2 Å². The lowest BCUT2D eigenvalue weighted by Crippen LogP contribution is -2.58. The molecule has 19 heavy (non-hydrogen) atoms. The van der Waals surface area contributed by atoms with Crippen LogP contribution in [0.5, 0.6) is 0 Å². The number of piperazine rings is 1. The molecule has 1 fully saturated rings. The summed E-state index contributed by atoms with van der Waals surface area (Å²) >= 11 is 0. The number of nitrogens with zero attached hydrogens (tertiary/aromatic N) is 4. The minimum absolute atomic E-state index is 0.00165. The normalized spacial score (nSPS) is 17.8. The minimum Gasteiger partial charge on any atom is -0.335 e. The van der Waals surface area contributed by atoms with E-state index in [2.05, 4.69) is 23.7 Å². The van der Waals surface area contributed by atoms with Crippen LogP contribution in [0.4, 0.5) is 0 Å². The molecule has 0 radical (unpaired) electrons. The summed E-state index contributed by atoms with van der Waals surface area (Å²) in [5.41, 5.74) is 6.44. The van der Waals surface area contributed by atoms with Crippen LogP contribution in [0.1, 0.15) is 24.3 Å². The molecule has 1 aliphatic heterocycles. The Morgan fingerprint density at radius 1 is 1.37 bits per heavy atom. The standard InChI is InChI=1S/C13H23N5O/c1-13(2,9-14)18-6-4-17(5-7-18)12(19)11-8-15-10-16(11)3/h8,10H,4-7,9,14H2,1-3H3. The van der Waals surface area contributed by atoms with E-state index >= 15 is 0 Å². The van der Waals surface area contributed by atoms with Crippen LogP contribution in [-0.2, 0) is 7.05 Å². The zero-order valence-corrected chi connectivity index (χ0v) is 12.0. The van der Waals surface area contributed by atoms with Gasteiger partial charge in [0.1, 0.15) is 5.69 Å². The Labute approximate surface area is 114 Å². The fourth-order valence-electron chi connectivity index (χ4n) is 2.37. The van der Waals surface area contributed by atoms with E-state index in [9.17, 15) is 4.79 Å². The highest BCUT2D eigenvalue weighted by atomic mass is 16.2. The SMILES string of the molecule is Cn1cncc1C(=O)N1CCN(C(C)(C)CN)CC1. The van der Waals surface area contributed by atoms with Crippen LogP contribution in [-0.4, -0.2) is 63.5 Å². The molecular weight excluding hydrogens is 242 g/mol. The number of aromatic nitrogens is 2. The van der Waals surface area contributed by atoms with Gasteiger partial charge in [-0.25, -0.2) is 4.98 Å². The van der Waals surface area contributed by atoms with Crippen molar-refractivity contribution in [3.63, 3.8) is 0 Å².